The highest BCUT2D eigenvalue weighted by Gasteiger charge is 2.04. The lowest BCUT2D eigenvalue weighted by molar-refractivity contribution is -0.116. The van der Waals surface area contributed by atoms with Gasteiger partial charge in [0, 0.05) is 11.3 Å². The Morgan fingerprint density at radius 1 is 1.00 bits per heavy atom. The van der Waals surface area contributed by atoms with Gasteiger partial charge in [-0.25, -0.2) is 4.39 Å². The quantitative estimate of drug-likeness (QED) is 0.378. The predicted molar refractivity (Wildman–Crippen MR) is 99.7 cm³/mol. The summed E-state index contributed by atoms with van der Waals surface area (Å²) in [5.74, 6) is 0.821. The van der Waals surface area contributed by atoms with Gasteiger partial charge in [-0.05, 0) is 55.0 Å². The number of halogens is 1. The van der Waals surface area contributed by atoms with Crippen LogP contribution < -0.4 is 11.1 Å². The third-order valence-electron chi connectivity index (χ3n) is 3.62. The van der Waals surface area contributed by atoms with Crippen LogP contribution in [-0.4, -0.2) is 11.7 Å². The third kappa shape index (κ3) is 6.62. The van der Waals surface area contributed by atoms with Crippen LogP contribution >= 0.6 is 11.8 Å². The third-order valence-corrected chi connectivity index (χ3v) is 4.71. The number of hydrogen-bond acceptors (Lipinski definition) is 3. The molecule has 2 aromatic carbocycles. The number of unbranched alkanes of at least 4 members (excludes halogenated alkanes) is 3. The molecular weight excluding hydrogens is 323 g/mol. The zero-order valence-corrected chi connectivity index (χ0v) is 14.4. The highest BCUT2D eigenvalue weighted by molar-refractivity contribution is 7.99. The minimum Gasteiger partial charge on any atom is -0.397 e. The van der Waals surface area contributed by atoms with Gasteiger partial charge in [0.05, 0.1) is 11.4 Å². The highest BCUT2D eigenvalue weighted by atomic mass is 32.2. The second kappa shape index (κ2) is 9.98. The first-order chi connectivity index (χ1) is 11.6. The molecule has 0 radical (unpaired) electrons. The first kappa shape index (κ1) is 18.3. The SMILES string of the molecule is Nc1ccccc1NC(=O)CCCCCCSc1ccc(F)cc1. The number of carbonyl (C=O) groups is 1. The second-order valence-corrected chi connectivity index (χ2v) is 6.77. The fourth-order valence-electron chi connectivity index (χ4n) is 2.29. The summed E-state index contributed by atoms with van der Waals surface area (Å²) in [6, 6.07) is 13.9. The van der Waals surface area contributed by atoms with Crippen LogP contribution in [0, 0.1) is 5.82 Å². The van der Waals surface area contributed by atoms with E-state index in [0.717, 1.165) is 36.3 Å². The van der Waals surface area contributed by atoms with Crippen LogP contribution in [0.4, 0.5) is 15.8 Å². The normalized spacial score (nSPS) is 10.5. The molecule has 0 saturated carbocycles. The van der Waals surface area contributed by atoms with Crippen molar-refractivity contribution in [1.29, 1.82) is 0 Å². The number of nitrogen functional groups attached to an aromatic ring is 1. The molecular formula is C19H23FN2OS. The number of carbonyl (C=O) groups excluding carboxylic acids is 1. The van der Waals surface area contributed by atoms with E-state index in [1.165, 1.54) is 12.1 Å². The van der Waals surface area contributed by atoms with Crippen molar-refractivity contribution in [2.75, 3.05) is 16.8 Å². The molecule has 0 heterocycles. The summed E-state index contributed by atoms with van der Waals surface area (Å²) < 4.78 is 12.8. The zero-order chi connectivity index (χ0) is 17.2. The van der Waals surface area contributed by atoms with E-state index in [4.69, 9.17) is 5.73 Å². The molecule has 3 N–H and O–H groups in total. The smallest absolute Gasteiger partial charge is 0.224 e. The van der Waals surface area contributed by atoms with Crippen molar-refractivity contribution in [3.05, 3.63) is 54.3 Å². The van der Waals surface area contributed by atoms with Crippen LogP contribution in [-0.2, 0) is 4.79 Å². The van der Waals surface area contributed by atoms with E-state index >= 15 is 0 Å². The Morgan fingerprint density at radius 3 is 2.46 bits per heavy atom. The lowest BCUT2D eigenvalue weighted by Crippen LogP contribution is -2.12. The van der Waals surface area contributed by atoms with Crippen LogP contribution in [0.2, 0.25) is 0 Å². The summed E-state index contributed by atoms with van der Waals surface area (Å²) in [6.07, 6.45) is 4.60. The van der Waals surface area contributed by atoms with Crippen molar-refractivity contribution in [1.82, 2.24) is 0 Å². The first-order valence-electron chi connectivity index (χ1n) is 8.18. The fourth-order valence-corrected chi connectivity index (χ4v) is 3.20. The Balaban J connectivity index is 1.52. The summed E-state index contributed by atoms with van der Waals surface area (Å²) >= 11 is 1.74. The van der Waals surface area contributed by atoms with E-state index < -0.39 is 0 Å². The van der Waals surface area contributed by atoms with Crippen molar-refractivity contribution in [3.63, 3.8) is 0 Å². The highest BCUT2D eigenvalue weighted by Crippen LogP contribution is 2.20. The minimum absolute atomic E-state index is 0.00795. The monoisotopic (exact) mass is 346 g/mol. The van der Waals surface area contributed by atoms with Gasteiger partial charge in [0.1, 0.15) is 5.82 Å². The number of rotatable bonds is 9. The molecule has 3 nitrogen and oxygen atoms in total. The maximum atomic E-state index is 12.8. The molecule has 2 rings (SSSR count). The summed E-state index contributed by atoms with van der Waals surface area (Å²) in [6.45, 7) is 0. The molecule has 128 valence electrons. The van der Waals surface area contributed by atoms with Crippen molar-refractivity contribution >= 4 is 29.0 Å². The maximum absolute atomic E-state index is 12.8. The summed E-state index contributed by atoms with van der Waals surface area (Å²) in [5.41, 5.74) is 7.06. The molecule has 0 fully saturated rings. The molecule has 24 heavy (non-hydrogen) atoms. The Kier molecular flexibility index (Phi) is 7.62. The number of nitrogens with one attached hydrogen (secondary N) is 1. The second-order valence-electron chi connectivity index (χ2n) is 5.60. The van der Waals surface area contributed by atoms with Gasteiger partial charge in [0.2, 0.25) is 5.91 Å². The Bertz CT molecular complexity index is 646. The van der Waals surface area contributed by atoms with Gasteiger partial charge in [-0.1, -0.05) is 25.0 Å². The van der Waals surface area contributed by atoms with E-state index in [9.17, 15) is 9.18 Å². The van der Waals surface area contributed by atoms with Gasteiger partial charge in [-0.3, -0.25) is 4.79 Å². The van der Waals surface area contributed by atoms with Crippen LogP contribution in [0.3, 0.4) is 0 Å². The lowest BCUT2D eigenvalue weighted by Gasteiger charge is -2.07. The topological polar surface area (TPSA) is 55.1 Å². The summed E-state index contributed by atoms with van der Waals surface area (Å²) in [4.78, 5) is 13.0. The molecule has 0 aliphatic heterocycles. The molecule has 0 saturated heterocycles. The molecule has 2 aromatic rings. The number of para-hydroxylation sites is 2. The van der Waals surface area contributed by atoms with Crippen LogP contribution in [0.5, 0.6) is 0 Å². The van der Waals surface area contributed by atoms with E-state index in [1.807, 2.05) is 12.1 Å². The minimum atomic E-state index is -0.199. The molecule has 0 aromatic heterocycles. The standard InChI is InChI=1S/C19H23FN2OS/c20-15-10-12-16(13-11-15)24-14-6-2-1-3-9-19(23)22-18-8-5-4-7-17(18)21/h4-5,7-8,10-13H,1-3,6,9,14,21H2,(H,22,23). The average molecular weight is 346 g/mol. The molecule has 1 amide bonds. The van der Waals surface area contributed by atoms with Gasteiger partial charge in [-0.15, -0.1) is 11.8 Å². The molecule has 0 aliphatic carbocycles. The average Bonchev–Trinajstić information content (AvgIpc) is 2.58. The summed E-state index contributed by atoms with van der Waals surface area (Å²) in [5, 5.41) is 2.84. The van der Waals surface area contributed by atoms with Gasteiger partial charge in [0.25, 0.3) is 0 Å². The fraction of sp³-hybridized carbons (Fsp3) is 0.316. The van der Waals surface area contributed by atoms with Gasteiger partial charge in [0.15, 0.2) is 0 Å². The number of nitrogens with two attached hydrogens (primary N) is 1. The lowest BCUT2D eigenvalue weighted by atomic mass is 10.1. The number of benzene rings is 2. The summed E-state index contributed by atoms with van der Waals surface area (Å²) in [7, 11) is 0. The first-order valence-corrected chi connectivity index (χ1v) is 9.16. The van der Waals surface area contributed by atoms with Crippen molar-refractivity contribution < 1.29 is 9.18 Å². The van der Waals surface area contributed by atoms with Crippen LogP contribution in [0.25, 0.3) is 0 Å². The Hall–Kier alpha value is -2.01. The molecule has 0 aliphatic rings. The Morgan fingerprint density at radius 2 is 1.71 bits per heavy atom. The maximum Gasteiger partial charge on any atom is 0.224 e. The molecule has 0 unspecified atom stereocenters. The molecule has 5 heteroatoms. The van der Waals surface area contributed by atoms with Crippen LogP contribution in [0.1, 0.15) is 32.1 Å². The molecule has 0 spiro atoms. The van der Waals surface area contributed by atoms with Crippen molar-refractivity contribution in [2.24, 2.45) is 0 Å². The number of anilines is 2. The van der Waals surface area contributed by atoms with Crippen LogP contribution in [0.15, 0.2) is 53.4 Å². The van der Waals surface area contributed by atoms with E-state index in [1.54, 1.807) is 36.0 Å². The van der Waals surface area contributed by atoms with E-state index in [0.29, 0.717) is 17.8 Å². The van der Waals surface area contributed by atoms with E-state index in [-0.39, 0.29) is 11.7 Å². The van der Waals surface area contributed by atoms with Gasteiger partial charge < -0.3 is 11.1 Å². The molecule has 0 bridgehead atoms. The van der Waals surface area contributed by atoms with Crippen molar-refractivity contribution in [3.8, 4) is 0 Å². The van der Waals surface area contributed by atoms with Gasteiger partial charge >= 0.3 is 0 Å². The Labute approximate surface area is 146 Å². The largest absolute Gasteiger partial charge is 0.397 e. The van der Waals surface area contributed by atoms with E-state index in [2.05, 4.69) is 5.32 Å². The van der Waals surface area contributed by atoms with Crippen molar-refractivity contribution in [2.45, 2.75) is 37.0 Å². The number of amides is 1. The molecule has 0 atom stereocenters. The predicted octanol–water partition coefficient (Wildman–Crippen LogP) is 5.09. The van der Waals surface area contributed by atoms with Gasteiger partial charge in [-0.2, -0.15) is 0 Å². The zero-order valence-electron chi connectivity index (χ0n) is 13.6. The number of hydrogen-bond donors (Lipinski definition) is 2. The number of thioether (sulfide) groups is 1.